The van der Waals surface area contributed by atoms with Crippen molar-refractivity contribution in [1.82, 2.24) is 4.98 Å². The van der Waals surface area contributed by atoms with Crippen molar-refractivity contribution in [2.24, 2.45) is 0 Å². The van der Waals surface area contributed by atoms with Crippen LogP contribution in [0.15, 0.2) is 39.5 Å². The van der Waals surface area contributed by atoms with Gasteiger partial charge in [0.15, 0.2) is 0 Å². The summed E-state index contributed by atoms with van der Waals surface area (Å²) in [4.78, 5) is 27.6. The van der Waals surface area contributed by atoms with Crippen LogP contribution in [-0.4, -0.2) is 29.2 Å². The van der Waals surface area contributed by atoms with E-state index in [1.165, 1.54) is 6.07 Å². The minimum Gasteiger partial charge on any atom is -0.437 e. The Morgan fingerprint density at radius 2 is 2.16 bits per heavy atom. The van der Waals surface area contributed by atoms with Gasteiger partial charge in [-0.3, -0.25) is 14.9 Å². The van der Waals surface area contributed by atoms with Crippen molar-refractivity contribution < 1.29 is 14.1 Å². The average molecular weight is 341 g/mol. The fourth-order valence-electron chi connectivity index (χ4n) is 3.00. The van der Waals surface area contributed by atoms with Gasteiger partial charge in [-0.2, -0.15) is 4.98 Å². The van der Waals surface area contributed by atoms with Gasteiger partial charge in [-0.05, 0) is 25.0 Å². The Hall–Kier alpha value is -3.00. The van der Waals surface area contributed by atoms with Crippen LogP contribution in [0.5, 0.6) is 0 Å². The molecule has 1 atom stereocenters. The van der Waals surface area contributed by atoms with Gasteiger partial charge in [-0.1, -0.05) is 12.1 Å². The highest BCUT2D eigenvalue weighted by Crippen LogP contribution is 2.28. The maximum Gasteiger partial charge on any atom is 0.312 e. The van der Waals surface area contributed by atoms with Gasteiger partial charge in [0.05, 0.1) is 21.8 Å². The summed E-state index contributed by atoms with van der Waals surface area (Å²) in [5.41, 5.74) is -0.123. The number of nitro groups is 1. The SMILES string of the molecule is O=c1c2ccccc2oc2nc(NCC3CCCO3)c([N+](=O)[O-])cc12. The zero-order valence-electron chi connectivity index (χ0n) is 13.2. The third kappa shape index (κ3) is 2.80. The molecule has 1 aliphatic rings. The van der Waals surface area contributed by atoms with E-state index >= 15 is 0 Å². The summed E-state index contributed by atoms with van der Waals surface area (Å²) in [5.74, 6) is 0.0754. The quantitative estimate of drug-likeness (QED) is 0.441. The van der Waals surface area contributed by atoms with E-state index in [0.29, 0.717) is 24.1 Å². The van der Waals surface area contributed by atoms with Gasteiger partial charge >= 0.3 is 5.69 Å². The topological polar surface area (TPSA) is 108 Å². The molecule has 3 aromatic rings. The van der Waals surface area contributed by atoms with Crippen LogP contribution < -0.4 is 10.7 Å². The highest BCUT2D eigenvalue weighted by Gasteiger charge is 2.22. The van der Waals surface area contributed by atoms with E-state index < -0.39 is 4.92 Å². The number of rotatable bonds is 4. The van der Waals surface area contributed by atoms with Gasteiger partial charge in [-0.25, -0.2) is 0 Å². The number of nitrogens with one attached hydrogen (secondary N) is 1. The molecule has 0 radical (unpaired) electrons. The Bertz CT molecular complexity index is 1020. The molecule has 0 bridgehead atoms. The van der Waals surface area contributed by atoms with Crippen LogP contribution in [0, 0.1) is 10.1 Å². The number of anilines is 1. The largest absolute Gasteiger partial charge is 0.437 e. The number of hydrogen-bond acceptors (Lipinski definition) is 7. The van der Waals surface area contributed by atoms with Crippen molar-refractivity contribution in [3.05, 3.63) is 50.7 Å². The molecule has 0 spiro atoms. The fraction of sp³-hybridized carbons (Fsp3) is 0.294. The van der Waals surface area contributed by atoms with Gasteiger partial charge in [0, 0.05) is 19.2 Å². The third-order valence-electron chi connectivity index (χ3n) is 4.27. The highest BCUT2D eigenvalue weighted by molar-refractivity contribution is 5.90. The number of benzene rings is 1. The molecule has 128 valence electrons. The number of pyridine rings is 1. The van der Waals surface area contributed by atoms with Crippen molar-refractivity contribution >= 4 is 33.6 Å². The van der Waals surface area contributed by atoms with Crippen molar-refractivity contribution in [1.29, 1.82) is 0 Å². The molecule has 0 amide bonds. The average Bonchev–Trinajstić information content (AvgIpc) is 3.13. The summed E-state index contributed by atoms with van der Waals surface area (Å²) >= 11 is 0. The number of aromatic nitrogens is 1. The Balaban J connectivity index is 1.83. The second kappa shape index (κ2) is 6.14. The minimum atomic E-state index is -0.557. The van der Waals surface area contributed by atoms with Crippen LogP contribution in [-0.2, 0) is 4.74 Å². The van der Waals surface area contributed by atoms with Crippen LogP contribution in [0.3, 0.4) is 0 Å². The van der Waals surface area contributed by atoms with Crippen molar-refractivity contribution in [2.45, 2.75) is 18.9 Å². The van der Waals surface area contributed by atoms with E-state index in [1.54, 1.807) is 24.3 Å². The molecule has 8 nitrogen and oxygen atoms in total. The van der Waals surface area contributed by atoms with E-state index in [4.69, 9.17) is 9.15 Å². The van der Waals surface area contributed by atoms with Crippen molar-refractivity contribution in [3.63, 3.8) is 0 Å². The Kier molecular flexibility index (Phi) is 3.81. The first-order valence-electron chi connectivity index (χ1n) is 8.00. The second-order valence-corrected chi connectivity index (χ2v) is 5.91. The Morgan fingerprint density at radius 3 is 2.92 bits per heavy atom. The second-order valence-electron chi connectivity index (χ2n) is 5.91. The molecule has 3 heterocycles. The molecule has 1 saturated heterocycles. The summed E-state index contributed by atoms with van der Waals surface area (Å²) in [6.45, 7) is 1.11. The zero-order valence-corrected chi connectivity index (χ0v) is 13.2. The zero-order chi connectivity index (χ0) is 17.4. The first-order chi connectivity index (χ1) is 12.1. The van der Waals surface area contributed by atoms with Gasteiger partial charge in [0.1, 0.15) is 5.58 Å². The van der Waals surface area contributed by atoms with E-state index in [-0.39, 0.29) is 34.1 Å². The normalized spacial score (nSPS) is 17.2. The first kappa shape index (κ1) is 15.5. The molecule has 1 unspecified atom stereocenters. The maximum atomic E-state index is 12.6. The van der Waals surface area contributed by atoms with E-state index in [0.717, 1.165) is 12.8 Å². The lowest BCUT2D eigenvalue weighted by Gasteiger charge is -2.11. The molecule has 0 saturated carbocycles. The van der Waals surface area contributed by atoms with E-state index in [1.807, 2.05) is 0 Å². The van der Waals surface area contributed by atoms with Gasteiger partial charge in [-0.15, -0.1) is 0 Å². The lowest BCUT2D eigenvalue weighted by atomic mass is 10.1. The maximum absolute atomic E-state index is 12.6. The Morgan fingerprint density at radius 1 is 1.32 bits per heavy atom. The predicted molar refractivity (Wildman–Crippen MR) is 91.9 cm³/mol. The molecule has 4 rings (SSSR count). The van der Waals surface area contributed by atoms with Gasteiger partial charge in [0.2, 0.25) is 17.0 Å². The summed E-state index contributed by atoms with van der Waals surface area (Å²) in [5, 5.41) is 14.8. The lowest BCUT2D eigenvalue weighted by molar-refractivity contribution is -0.384. The van der Waals surface area contributed by atoms with Crippen LogP contribution in [0.2, 0.25) is 0 Å². The highest BCUT2D eigenvalue weighted by atomic mass is 16.6. The molecule has 8 heteroatoms. The van der Waals surface area contributed by atoms with E-state index in [2.05, 4.69) is 10.3 Å². The number of fused-ring (bicyclic) bond motifs is 2. The van der Waals surface area contributed by atoms with Crippen LogP contribution >= 0.6 is 0 Å². The summed E-state index contributed by atoms with van der Waals surface area (Å²) in [7, 11) is 0. The van der Waals surface area contributed by atoms with Crippen LogP contribution in [0.1, 0.15) is 12.8 Å². The molecular weight excluding hydrogens is 326 g/mol. The number of nitrogens with zero attached hydrogens (tertiary/aromatic N) is 2. The molecular formula is C17H15N3O5. The van der Waals surface area contributed by atoms with Crippen LogP contribution in [0.4, 0.5) is 11.5 Å². The molecule has 1 N–H and O–H groups in total. The van der Waals surface area contributed by atoms with E-state index in [9.17, 15) is 14.9 Å². The summed E-state index contributed by atoms with van der Waals surface area (Å²) < 4.78 is 11.2. The van der Waals surface area contributed by atoms with Gasteiger partial charge < -0.3 is 14.5 Å². The predicted octanol–water partition coefficient (Wildman–Crippen LogP) is 2.84. The minimum absolute atomic E-state index is 0.000660. The number of hydrogen-bond donors (Lipinski definition) is 1. The smallest absolute Gasteiger partial charge is 0.312 e. The Labute approximate surface area is 141 Å². The standard InChI is InChI=1S/C17H15N3O5/c21-15-11-5-1-2-6-14(11)25-17-12(15)8-13(20(22)23)16(19-17)18-9-10-4-3-7-24-10/h1-2,5-6,8,10H,3-4,7,9H2,(H,18,19). The molecule has 1 aliphatic heterocycles. The summed E-state index contributed by atoms with van der Waals surface area (Å²) in [6, 6.07) is 7.97. The van der Waals surface area contributed by atoms with Crippen molar-refractivity contribution in [3.8, 4) is 0 Å². The monoisotopic (exact) mass is 341 g/mol. The molecule has 1 fully saturated rings. The first-order valence-corrected chi connectivity index (χ1v) is 8.00. The molecule has 2 aromatic heterocycles. The van der Waals surface area contributed by atoms with Crippen molar-refractivity contribution in [2.75, 3.05) is 18.5 Å². The molecule has 0 aliphatic carbocycles. The number of para-hydroxylation sites is 1. The summed E-state index contributed by atoms with van der Waals surface area (Å²) in [6.07, 6.45) is 1.87. The third-order valence-corrected chi connectivity index (χ3v) is 4.27. The van der Waals surface area contributed by atoms with Crippen LogP contribution in [0.25, 0.3) is 22.1 Å². The molecule has 1 aromatic carbocycles. The molecule has 25 heavy (non-hydrogen) atoms. The van der Waals surface area contributed by atoms with Gasteiger partial charge in [0.25, 0.3) is 0 Å². The fourth-order valence-corrected chi connectivity index (χ4v) is 3.00. The lowest BCUT2D eigenvalue weighted by Crippen LogP contribution is -2.19. The number of ether oxygens (including phenoxy) is 1.